The first-order valence-corrected chi connectivity index (χ1v) is 4.14. The molecule has 0 N–H and O–H groups in total. The maximum absolute atomic E-state index is 11.0. The molecule has 5 heteroatoms. The van der Waals surface area contributed by atoms with E-state index in [1.54, 1.807) is 0 Å². The van der Waals surface area contributed by atoms with E-state index in [1.165, 1.54) is 0 Å². The Balaban J connectivity index is 2.39. The molecule has 74 valence electrons. The second-order valence-electron chi connectivity index (χ2n) is 2.82. The lowest BCUT2D eigenvalue weighted by Gasteiger charge is -2.11. The topological polar surface area (TPSA) is 71.5 Å². The van der Waals surface area contributed by atoms with Gasteiger partial charge >= 0.3 is 0 Å². The summed E-state index contributed by atoms with van der Waals surface area (Å²) in [5, 5.41) is 0. The maximum Gasteiger partial charge on any atom is 0.253 e. The Bertz CT molecular complexity index is 301. The highest BCUT2D eigenvalue weighted by molar-refractivity contribution is 6.13. The van der Waals surface area contributed by atoms with E-state index in [0.717, 1.165) is 17.1 Å². The molecule has 5 nitrogen and oxygen atoms in total. The van der Waals surface area contributed by atoms with Gasteiger partial charge in [0.25, 0.3) is 11.8 Å². The van der Waals surface area contributed by atoms with Crippen molar-refractivity contribution in [3.63, 3.8) is 0 Å². The molecule has 1 aliphatic rings. The molecule has 0 unspecified atom stereocenters. The first kappa shape index (κ1) is 10.3. The summed E-state index contributed by atoms with van der Waals surface area (Å²) in [6, 6.07) is 0. The van der Waals surface area contributed by atoms with Crippen molar-refractivity contribution in [3.8, 4) is 0 Å². The predicted octanol–water partition coefficient (Wildman–Crippen LogP) is -0.540. The highest BCUT2D eigenvalue weighted by Crippen LogP contribution is 2.04. The van der Waals surface area contributed by atoms with E-state index >= 15 is 0 Å². The lowest BCUT2D eigenvalue weighted by Crippen LogP contribution is -2.32. The highest BCUT2D eigenvalue weighted by Gasteiger charge is 2.23. The van der Waals surface area contributed by atoms with E-state index in [4.69, 9.17) is 0 Å². The van der Waals surface area contributed by atoms with Gasteiger partial charge in [-0.3, -0.25) is 19.3 Å². The monoisotopic (exact) mass is 195 g/mol. The molecule has 1 heterocycles. The highest BCUT2D eigenvalue weighted by atomic mass is 16.2. The summed E-state index contributed by atoms with van der Waals surface area (Å²) in [5.74, 6) is -1.09. The number of hydrogen-bond donors (Lipinski definition) is 0. The van der Waals surface area contributed by atoms with Gasteiger partial charge in [-0.05, 0) is 0 Å². The third kappa shape index (κ3) is 2.35. The van der Waals surface area contributed by atoms with E-state index in [0.29, 0.717) is 6.29 Å². The number of carbonyl (C=O) groups is 4. The third-order valence-electron chi connectivity index (χ3n) is 1.83. The van der Waals surface area contributed by atoms with Crippen molar-refractivity contribution < 1.29 is 19.2 Å². The standard InChI is InChI=1S/C9H9NO4/c11-6-4-7(12)3-5-10-8(13)1-2-9(10)14/h1-2,6H,3-5H2. The van der Waals surface area contributed by atoms with Crippen molar-refractivity contribution >= 4 is 23.9 Å². The van der Waals surface area contributed by atoms with Crippen LogP contribution in [-0.2, 0) is 19.2 Å². The summed E-state index contributed by atoms with van der Waals surface area (Å²) in [7, 11) is 0. The molecule has 0 saturated carbocycles. The molecule has 0 saturated heterocycles. The van der Waals surface area contributed by atoms with Crippen LogP contribution < -0.4 is 0 Å². The van der Waals surface area contributed by atoms with Gasteiger partial charge in [0.05, 0.1) is 6.42 Å². The summed E-state index contributed by atoms with van der Waals surface area (Å²) in [5.41, 5.74) is 0. The van der Waals surface area contributed by atoms with Crippen LogP contribution >= 0.6 is 0 Å². The zero-order valence-corrected chi connectivity index (χ0v) is 7.43. The molecule has 0 spiro atoms. The maximum atomic E-state index is 11.0. The average Bonchev–Trinajstić information content (AvgIpc) is 2.44. The Kier molecular flexibility index (Phi) is 3.28. The fourth-order valence-electron chi connectivity index (χ4n) is 1.08. The third-order valence-corrected chi connectivity index (χ3v) is 1.83. The number of rotatable bonds is 5. The van der Waals surface area contributed by atoms with Crippen molar-refractivity contribution in [2.24, 2.45) is 0 Å². The Labute approximate surface area is 80.4 Å². The molecule has 0 aromatic rings. The predicted molar refractivity (Wildman–Crippen MR) is 46.2 cm³/mol. The fourth-order valence-corrected chi connectivity index (χ4v) is 1.08. The number of Topliss-reactive ketones (excluding diaryl/α,β-unsaturated/α-hetero) is 1. The van der Waals surface area contributed by atoms with Crippen molar-refractivity contribution in [1.29, 1.82) is 0 Å². The molecule has 1 aliphatic heterocycles. The summed E-state index contributed by atoms with van der Waals surface area (Å²) in [4.78, 5) is 43.8. The van der Waals surface area contributed by atoms with Crippen LogP contribution in [0.25, 0.3) is 0 Å². The van der Waals surface area contributed by atoms with Crippen LogP contribution in [0.15, 0.2) is 12.2 Å². The zero-order valence-electron chi connectivity index (χ0n) is 7.43. The molecule has 0 aromatic heterocycles. The van der Waals surface area contributed by atoms with E-state index < -0.39 is 11.8 Å². The van der Waals surface area contributed by atoms with Gasteiger partial charge in [-0.25, -0.2) is 0 Å². The largest absolute Gasteiger partial charge is 0.303 e. The van der Waals surface area contributed by atoms with Gasteiger partial charge in [0.15, 0.2) is 0 Å². The first-order valence-electron chi connectivity index (χ1n) is 4.14. The van der Waals surface area contributed by atoms with Crippen LogP contribution in [0.4, 0.5) is 0 Å². The van der Waals surface area contributed by atoms with Crippen LogP contribution in [0.3, 0.4) is 0 Å². The van der Waals surface area contributed by atoms with Gasteiger partial charge < -0.3 is 4.79 Å². The lowest BCUT2D eigenvalue weighted by atomic mass is 10.2. The quantitative estimate of drug-likeness (QED) is 0.335. The van der Waals surface area contributed by atoms with Crippen molar-refractivity contribution in [2.75, 3.05) is 6.54 Å². The Morgan fingerprint density at radius 1 is 1.29 bits per heavy atom. The minimum absolute atomic E-state index is 0.0396. The summed E-state index contributed by atoms with van der Waals surface area (Å²) in [6.45, 7) is 0.0529. The lowest BCUT2D eigenvalue weighted by molar-refractivity contribution is -0.137. The normalized spacial score (nSPS) is 15.0. The van der Waals surface area contributed by atoms with Crippen LogP contribution in [0.2, 0.25) is 0 Å². The molecule has 2 amide bonds. The van der Waals surface area contributed by atoms with Gasteiger partial charge in [-0.2, -0.15) is 0 Å². The van der Waals surface area contributed by atoms with Crippen LogP contribution in [0.5, 0.6) is 0 Å². The van der Waals surface area contributed by atoms with Crippen LogP contribution in [0, 0.1) is 0 Å². The first-order chi connectivity index (χ1) is 6.65. The fraction of sp³-hybridized carbons (Fsp3) is 0.333. The van der Waals surface area contributed by atoms with Crippen molar-refractivity contribution in [1.82, 2.24) is 4.90 Å². The van der Waals surface area contributed by atoms with Crippen molar-refractivity contribution in [3.05, 3.63) is 12.2 Å². The van der Waals surface area contributed by atoms with Gasteiger partial charge in [0.1, 0.15) is 12.1 Å². The number of nitrogens with zero attached hydrogens (tertiary/aromatic N) is 1. The van der Waals surface area contributed by atoms with Gasteiger partial charge in [0.2, 0.25) is 0 Å². The second-order valence-corrected chi connectivity index (χ2v) is 2.82. The van der Waals surface area contributed by atoms with E-state index in [-0.39, 0.29) is 25.2 Å². The van der Waals surface area contributed by atoms with E-state index in [9.17, 15) is 19.2 Å². The molecule has 14 heavy (non-hydrogen) atoms. The summed E-state index contributed by atoms with van der Waals surface area (Å²) >= 11 is 0. The average molecular weight is 195 g/mol. The van der Waals surface area contributed by atoms with Gasteiger partial charge in [0, 0.05) is 25.1 Å². The second kappa shape index (κ2) is 4.45. The zero-order chi connectivity index (χ0) is 10.6. The molecule has 0 radical (unpaired) electrons. The molecule has 1 rings (SSSR count). The summed E-state index contributed by atoms with van der Waals surface area (Å²) in [6.07, 6.45) is 2.70. The number of carbonyl (C=O) groups excluding carboxylic acids is 4. The van der Waals surface area contributed by atoms with E-state index in [1.807, 2.05) is 0 Å². The molecular weight excluding hydrogens is 186 g/mol. The number of ketones is 1. The molecule has 0 aliphatic carbocycles. The van der Waals surface area contributed by atoms with Crippen LogP contribution in [0.1, 0.15) is 12.8 Å². The van der Waals surface area contributed by atoms with Gasteiger partial charge in [-0.15, -0.1) is 0 Å². The number of hydrogen-bond acceptors (Lipinski definition) is 4. The minimum Gasteiger partial charge on any atom is -0.303 e. The van der Waals surface area contributed by atoms with Crippen LogP contribution in [-0.4, -0.2) is 35.3 Å². The van der Waals surface area contributed by atoms with Gasteiger partial charge in [-0.1, -0.05) is 0 Å². The molecule has 0 bridgehead atoms. The molecular formula is C9H9NO4. The summed E-state index contributed by atoms with van der Waals surface area (Å²) < 4.78 is 0. The molecule has 0 fully saturated rings. The molecule has 0 atom stereocenters. The van der Waals surface area contributed by atoms with Crippen molar-refractivity contribution in [2.45, 2.75) is 12.8 Å². The number of amides is 2. The van der Waals surface area contributed by atoms with E-state index in [2.05, 4.69) is 0 Å². The Hall–Kier alpha value is -1.78. The Morgan fingerprint density at radius 3 is 2.36 bits per heavy atom. The number of imide groups is 1. The smallest absolute Gasteiger partial charge is 0.253 e. The SMILES string of the molecule is O=CCC(=O)CCN1C(=O)C=CC1=O. The minimum atomic E-state index is -0.408. The number of aldehydes is 1. The Morgan fingerprint density at radius 2 is 1.86 bits per heavy atom. The molecule has 0 aromatic carbocycles.